The maximum Gasteiger partial charge on any atom is 0.220 e. The SMILES string of the molecule is CC(C)[C@@H](c1nnnn1Cc1ccc(F)cc1)N1CCC(C(N)=O)CC1. The number of carbonyl (C=O) groups is 1. The van der Waals surface area contributed by atoms with Gasteiger partial charge in [-0.05, 0) is 60.0 Å². The Kier molecular flexibility index (Phi) is 5.61. The summed E-state index contributed by atoms with van der Waals surface area (Å²) in [4.78, 5) is 13.7. The summed E-state index contributed by atoms with van der Waals surface area (Å²) < 4.78 is 14.9. The zero-order valence-corrected chi connectivity index (χ0v) is 15.2. The highest BCUT2D eigenvalue weighted by molar-refractivity contribution is 5.76. The van der Waals surface area contributed by atoms with Crippen LogP contribution in [0.1, 0.15) is 44.1 Å². The molecule has 3 rings (SSSR count). The number of rotatable bonds is 6. The Morgan fingerprint density at radius 2 is 1.92 bits per heavy atom. The lowest BCUT2D eigenvalue weighted by molar-refractivity contribution is -0.123. The van der Waals surface area contributed by atoms with Crippen molar-refractivity contribution >= 4 is 5.91 Å². The molecule has 140 valence electrons. The highest BCUT2D eigenvalue weighted by Crippen LogP contribution is 2.31. The van der Waals surface area contributed by atoms with Crippen LogP contribution in [0.3, 0.4) is 0 Å². The average molecular weight is 360 g/mol. The predicted molar refractivity (Wildman–Crippen MR) is 94.4 cm³/mol. The van der Waals surface area contributed by atoms with Crippen molar-refractivity contribution in [1.29, 1.82) is 0 Å². The molecule has 0 saturated carbocycles. The topological polar surface area (TPSA) is 89.9 Å². The van der Waals surface area contributed by atoms with Gasteiger partial charge in [-0.15, -0.1) is 5.10 Å². The summed E-state index contributed by atoms with van der Waals surface area (Å²) in [5, 5.41) is 12.3. The van der Waals surface area contributed by atoms with Crippen molar-refractivity contribution in [1.82, 2.24) is 25.1 Å². The monoisotopic (exact) mass is 360 g/mol. The van der Waals surface area contributed by atoms with Crippen LogP contribution in [0.4, 0.5) is 4.39 Å². The second-order valence-electron chi connectivity index (χ2n) is 7.22. The van der Waals surface area contributed by atoms with Crippen molar-refractivity contribution in [3.63, 3.8) is 0 Å². The molecule has 1 saturated heterocycles. The van der Waals surface area contributed by atoms with Crippen LogP contribution in [0, 0.1) is 17.7 Å². The van der Waals surface area contributed by atoms with E-state index in [0.29, 0.717) is 12.5 Å². The van der Waals surface area contributed by atoms with Crippen molar-refractivity contribution < 1.29 is 9.18 Å². The van der Waals surface area contributed by atoms with E-state index >= 15 is 0 Å². The third kappa shape index (κ3) is 4.07. The Labute approximate surface area is 152 Å². The summed E-state index contributed by atoms with van der Waals surface area (Å²) >= 11 is 0. The number of likely N-dealkylation sites (tertiary alicyclic amines) is 1. The third-order valence-corrected chi connectivity index (χ3v) is 5.03. The van der Waals surface area contributed by atoms with Gasteiger partial charge in [0.05, 0.1) is 12.6 Å². The summed E-state index contributed by atoms with van der Waals surface area (Å²) in [5.41, 5.74) is 6.38. The quantitative estimate of drug-likeness (QED) is 0.848. The molecule has 1 aliphatic heterocycles. The van der Waals surface area contributed by atoms with Crippen molar-refractivity contribution in [3.8, 4) is 0 Å². The second-order valence-corrected chi connectivity index (χ2v) is 7.22. The molecule has 8 heteroatoms. The second kappa shape index (κ2) is 7.90. The number of nitrogens with two attached hydrogens (primary N) is 1. The number of benzene rings is 1. The van der Waals surface area contributed by atoms with Gasteiger partial charge in [-0.25, -0.2) is 9.07 Å². The molecular formula is C18H25FN6O. The molecule has 0 aliphatic carbocycles. The van der Waals surface area contributed by atoms with Gasteiger partial charge in [0.25, 0.3) is 0 Å². The van der Waals surface area contributed by atoms with E-state index in [1.165, 1.54) is 12.1 Å². The Morgan fingerprint density at radius 3 is 2.50 bits per heavy atom. The summed E-state index contributed by atoms with van der Waals surface area (Å²) in [5.74, 6) is 0.573. The first kappa shape index (κ1) is 18.4. The number of aromatic nitrogens is 4. The van der Waals surface area contributed by atoms with Crippen LogP contribution in [0.15, 0.2) is 24.3 Å². The molecule has 1 amide bonds. The molecule has 26 heavy (non-hydrogen) atoms. The number of hydrogen-bond acceptors (Lipinski definition) is 5. The van der Waals surface area contributed by atoms with Crippen molar-refractivity contribution in [2.75, 3.05) is 13.1 Å². The fraction of sp³-hybridized carbons (Fsp3) is 0.556. The Hall–Kier alpha value is -2.35. The van der Waals surface area contributed by atoms with Crippen molar-refractivity contribution in [3.05, 3.63) is 41.5 Å². The number of halogens is 1. The summed E-state index contributed by atoms with van der Waals surface area (Å²) in [6.45, 7) is 6.35. The smallest absolute Gasteiger partial charge is 0.220 e. The fourth-order valence-electron chi connectivity index (χ4n) is 3.64. The van der Waals surface area contributed by atoms with Crippen LogP contribution in [0.2, 0.25) is 0 Å². The molecule has 1 aromatic heterocycles. The Bertz CT molecular complexity index is 736. The maximum atomic E-state index is 13.1. The van der Waals surface area contributed by atoms with Crippen LogP contribution in [-0.4, -0.2) is 44.1 Å². The van der Waals surface area contributed by atoms with Gasteiger partial charge < -0.3 is 5.73 Å². The molecule has 1 aliphatic rings. The number of carbonyl (C=O) groups excluding carboxylic acids is 1. The van der Waals surface area contributed by atoms with Gasteiger partial charge >= 0.3 is 0 Å². The number of tetrazole rings is 1. The van der Waals surface area contributed by atoms with Crippen LogP contribution in [0.25, 0.3) is 0 Å². The van der Waals surface area contributed by atoms with Crippen LogP contribution >= 0.6 is 0 Å². The molecule has 0 radical (unpaired) electrons. The first-order chi connectivity index (χ1) is 12.5. The number of amides is 1. The van der Waals surface area contributed by atoms with Gasteiger partial charge in [0, 0.05) is 5.92 Å². The van der Waals surface area contributed by atoms with Gasteiger partial charge in [-0.2, -0.15) is 0 Å². The van der Waals surface area contributed by atoms with E-state index in [2.05, 4.69) is 34.3 Å². The molecule has 0 spiro atoms. The molecule has 1 fully saturated rings. The zero-order chi connectivity index (χ0) is 18.7. The minimum absolute atomic E-state index is 0.0470. The lowest BCUT2D eigenvalue weighted by Crippen LogP contribution is -2.42. The summed E-state index contributed by atoms with van der Waals surface area (Å²) in [6, 6.07) is 6.41. The minimum Gasteiger partial charge on any atom is -0.369 e. The zero-order valence-electron chi connectivity index (χ0n) is 15.2. The van der Waals surface area contributed by atoms with Gasteiger partial charge in [0.2, 0.25) is 5.91 Å². The molecule has 1 aromatic carbocycles. The number of primary amides is 1. The van der Waals surface area contributed by atoms with E-state index in [1.54, 1.807) is 16.8 Å². The van der Waals surface area contributed by atoms with Crippen molar-refractivity contribution in [2.24, 2.45) is 17.6 Å². The van der Waals surface area contributed by atoms with E-state index < -0.39 is 0 Å². The summed E-state index contributed by atoms with van der Waals surface area (Å²) in [6.07, 6.45) is 1.52. The van der Waals surface area contributed by atoms with Gasteiger partial charge in [-0.3, -0.25) is 9.69 Å². The molecule has 2 aromatic rings. The van der Waals surface area contributed by atoms with E-state index in [0.717, 1.165) is 37.3 Å². The van der Waals surface area contributed by atoms with Gasteiger partial charge in [-0.1, -0.05) is 26.0 Å². The van der Waals surface area contributed by atoms with E-state index in [9.17, 15) is 9.18 Å². The third-order valence-electron chi connectivity index (χ3n) is 5.03. The standard InChI is InChI=1S/C18H25FN6O/c1-12(2)16(24-9-7-14(8-10-24)17(20)26)18-21-22-23-25(18)11-13-3-5-15(19)6-4-13/h3-6,12,14,16H,7-11H2,1-2H3,(H2,20,26)/t16-/m0/s1. The van der Waals surface area contributed by atoms with Crippen LogP contribution in [-0.2, 0) is 11.3 Å². The summed E-state index contributed by atoms with van der Waals surface area (Å²) in [7, 11) is 0. The lowest BCUT2D eigenvalue weighted by atomic mass is 9.92. The highest BCUT2D eigenvalue weighted by Gasteiger charge is 2.33. The first-order valence-corrected chi connectivity index (χ1v) is 8.99. The van der Waals surface area contributed by atoms with Gasteiger partial charge in [0.1, 0.15) is 5.82 Å². The predicted octanol–water partition coefficient (Wildman–Crippen LogP) is 1.75. The maximum absolute atomic E-state index is 13.1. The largest absolute Gasteiger partial charge is 0.369 e. The molecule has 2 heterocycles. The number of hydrogen-bond donors (Lipinski definition) is 1. The van der Waals surface area contributed by atoms with E-state index in [1.807, 2.05) is 0 Å². The van der Waals surface area contributed by atoms with Crippen LogP contribution in [0.5, 0.6) is 0 Å². The highest BCUT2D eigenvalue weighted by atomic mass is 19.1. The van der Waals surface area contributed by atoms with Crippen LogP contribution < -0.4 is 5.73 Å². The molecular weight excluding hydrogens is 335 g/mol. The normalized spacial score (nSPS) is 17.5. The van der Waals surface area contributed by atoms with Gasteiger partial charge in [0.15, 0.2) is 5.82 Å². The molecule has 2 N–H and O–H groups in total. The molecule has 7 nitrogen and oxygen atoms in total. The first-order valence-electron chi connectivity index (χ1n) is 8.99. The lowest BCUT2D eigenvalue weighted by Gasteiger charge is -2.38. The van der Waals surface area contributed by atoms with E-state index in [4.69, 9.17) is 5.73 Å². The molecule has 1 atom stereocenters. The Balaban J connectivity index is 1.78. The molecule has 0 bridgehead atoms. The fourth-order valence-corrected chi connectivity index (χ4v) is 3.64. The average Bonchev–Trinajstić information content (AvgIpc) is 3.05. The number of nitrogens with zero attached hydrogens (tertiary/aromatic N) is 5. The molecule has 0 unspecified atom stereocenters. The van der Waals surface area contributed by atoms with Crippen molar-refractivity contribution in [2.45, 2.75) is 39.3 Å². The van der Waals surface area contributed by atoms with E-state index in [-0.39, 0.29) is 23.7 Å². The minimum atomic E-state index is -0.261. The number of piperidine rings is 1. The Morgan fingerprint density at radius 1 is 1.27 bits per heavy atom.